The smallest absolute Gasteiger partial charge is 0.365 e. The number of thiophene rings is 1. The minimum Gasteiger partial charge on any atom is -0.365 e. The summed E-state index contributed by atoms with van der Waals surface area (Å²) in [5.41, 5.74) is 0.924. The van der Waals surface area contributed by atoms with Crippen molar-refractivity contribution in [3.8, 4) is 22.4 Å². The Labute approximate surface area is 193 Å². The van der Waals surface area contributed by atoms with Gasteiger partial charge in [-0.15, -0.1) is 23.7 Å². The molecule has 32 heavy (non-hydrogen) atoms. The molecule has 0 aliphatic rings. The van der Waals surface area contributed by atoms with Gasteiger partial charge in [0, 0.05) is 23.5 Å². The normalized spacial score (nSPS) is 11.6. The third kappa shape index (κ3) is 5.23. The van der Waals surface area contributed by atoms with Gasteiger partial charge in [-0.05, 0) is 51.1 Å². The molecule has 3 aromatic heterocycles. The highest BCUT2D eigenvalue weighted by molar-refractivity contribution is 7.16. The molecule has 0 unspecified atom stereocenters. The third-order valence-corrected chi connectivity index (χ3v) is 5.29. The maximum absolute atomic E-state index is 12.9. The largest absolute Gasteiger partial charge is 0.416 e. The average Bonchev–Trinajstić information content (AvgIpc) is 3.30. The van der Waals surface area contributed by atoms with Crippen molar-refractivity contribution in [2.45, 2.75) is 32.5 Å². The summed E-state index contributed by atoms with van der Waals surface area (Å²) in [7, 11) is 0. The van der Waals surface area contributed by atoms with Gasteiger partial charge >= 0.3 is 6.18 Å². The molecule has 0 aliphatic carbocycles. The van der Waals surface area contributed by atoms with Crippen molar-refractivity contribution in [1.82, 2.24) is 14.4 Å². The van der Waals surface area contributed by atoms with Gasteiger partial charge in [-0.3, -0.25) is 9.38 Å². The average molecular weight is 477 g/mol. The summed E-state index contributed by atoms with van der Waals surface area (Å²) in [5, 5.41) is 3.50. The number of hydrogen-bond acceptors (Lipinski definition) is 4. The van der Waals surface area contributed by atoms with Crippen molar-refractivity contribution in [1.29, 1.82) is 0 Å². The van der Waals surface area contributed by atoms with E-state index in [9.17, 15) is 13.2 Å². The first-order valence-corrected chi connectivity index (χ1v) is 10.3. The molecule has 0 fully saturated rings. The second-order valence-electron chi connectivity index (χ2n) is 7.98. The minimum atomic E-state index is -4.39. The molecule has 0 spiro atoms. The van der Waals surface area contributed by atoms with Gasteiger partial charge in [0.25, 0.3) is 0 Å². The summed E-state index contributed by atoms with van der Waals surface area (Å²) in [6, 6.07) is 8.80. The molecule has 9 heteroatoms. The van der Waals surface area contributed by atoms with Gasteiger partial charge in [0.15, 0.2) is 5.65 Å². The maximum Gasteiger partial charge on any atom is 0.416 e. The van der Waals surface area contributed by atoms with Crippen LogP contribution in [0.25, 0.3) is 16.2 Å². The van der Waals surface area contributed by atoms with Crippen LogP contribution in [0.15, 0.2) is 55.0 Å². The Kier molecular flexibility index (Phi) is 6.54. The van der Waals surface area contributed by atoms with Crippen LogP contribution in [0.3, 0.4) is 0 Å². The number of fused-ring (bicyclic) bond motifs is 1. The number of hydrogen-bond donors (Lipinski definition) is 1. The molecule has 0 bridgehead atoms. The molecule has 0 saturated carbocycles. The van der Waals surface area contributed by atoms with E-state index in [4.69, 9.17) is 4.98 Å². The SMILES string of the molecule is CC(C)(C)Nc1c(-c2ccc(C#Cc3cccc(C(F)(F)F)c3)s2)nc2cnccn12.Cl. The zero-order valence-corrected chi connectivity index (χ0v) is 19.1. The van der Waals surface area contributed by atoms with Crippen LogP contribution in [0, 0.1) is 11.8 Å². The first-order chi connectivity index (χ1) is 14.6. The van der Waals surface area contributed by atoms with Gasteiger partial charge in [0.05, 0.1) is 21.5 Å². The molecule has 4 rings (SSSR count). The number of rotatable bonds is 2. The van der Waals surface area contributed by atoms with Crippen molar-refractivity contribution in [3.05, 3.63) is 71.0 Å². The number of benzene rings is 1. The number of imidazole rings is 1. The van der Waals surface area contributed by atoms with E-state index in [0.29, 0.717) is 11.2 Å². The number of aromatic nitrogens is 3. The first-order valence-electron chi connectivity index (χ1n) is 9.50. The van der Waals surface area contributed by atoms with Crippen molar-refractivity contribution >= 4 is 35.2 Å². The highest BCUT2D eigenvalue weighted by Gasteiger charge is 2.30. The van der Waals surface area contributed by atoms with E-state index in [1.165, 1.54) is 17.4 Å². The van der Waals surface area contributed by atoms with Crippen molar-refractivity contribution in [2.24, 2.45) is 0 Å². The zero-order chi connectivity index (χ0) is 22.2. The Bertz CT molecular complexity index is 1310. The first kappa shape index (κ1) is 23.6. The van der Waals surface area contributed by atoms with Crippen molar-refractivity contribution in [3.63, 3.8) is 0 Å². The van der Waals surface area contributed by atoms with Crippen LogP contribution >= 0.6 is 23.7 Å². The lowest BCUT2D eigenvalue weighted by Gasteiger charge is -2.22. The lowest BCUT2D eigenvalue weighted by atomic mass is 10.1. The molecular weight excluding hydrogens is 457 g/mol. The maximum atomic E-state index is 12.9. The van der Waals surface area contributed by atoms with Crippen LogP contribution in [-0.4, -0.2) is 19.9 Å². The number of anilines is 1. The van der Waals surface area contributed by atoms with E-state index >= 15 is 0 Å². The van der Waals surface area contributed by atoms with Crippen LogP contribution in [0.4, 0.5) is 19.0 Å². The van der Waals surface area contributed by atoms with E-state index in [1.54, 1.807) is 18.5 Å². The summed E-state index contributed by atoms with van der Waals surface area (Å²) < 4.78 is 40.6. The van der Waals surface area contributed by atoms with Gasteiger partial charge in [-0.2, -0.15) is 13.2 Å². The van der Waals surface area contributed by atoms with Crippen molar-refractivity contribution < 1.29 is 13.2 Å². The van der Waals surface area contributed by atoms with E-state index in [2.05, 4.69) is 42.9 Å². The predicted molar refractivity (Wildman–Crippen MR) is 124 cm³/mol. The van der Waals surface area contributed by atoms with E-state index in [1.807, 2.05) is 22.7 Å². The van der Waals surface area contributed by atoms with Crippen LogP contribution in [-0.2, 0) is 6.18 Å². The molecule has 0 amide bonds. The van der Waals surface area contributed by atoms with E-state index in [0.717, 1.165) is 33.4 Å². The molecule has 0 radical (unpaired) electrons. The fourth-order valence-corrected chi connectivity index (χ4v) is 3.84. The van der Waals surface area contributed by atoms with E-state index in [-0.39, 0.29) is 17.9 Å². The van der Waals surface area contributed by atoms with E-state index < -0.39 is 11.7 Å². The Hall–Kier alpha value is -3.02. The van der Waals surface area contributed by atoms with Crippen LogP contribution in [0.1, 0.15) is 36.8 Å². The molecule has 4 aromatic rings. The molecular formula is C23H20ClF3N4S. The number of nitrogens with zero attached hydrogens (tertiary/aromatic N) is 3. The highest BCUT2D eigenvalue weighted by atomic mass is 35.5. The van der Waals surface area contributed by atoms with Gasteiger partial charge in [0.2, 0.25) is 0 Å². The number of nitrogens with one attached hydrogen (secondary N) is 1. The fourth-order valence-electron chi connectivity index (χ4n) is 2.99. The summed E-state index contributed by atoms with van der Waals surface area (Å²) >= 11 is 1.44. The summed E-state index contributed by atoms with van der Waals surface area (Å²) in [6.45, 7) is 6.20. The Morgan fingerprint density at radius 2 is 1.84 bits per heavy atom. The van der Waals surface area contributed by atoms with Crippen LogP contribution in [0.2, 0.25) is 0 Å². The van der Waals surface area contributed by atoms with Gasteiger partial charge in [-0.1, -0.05) is 17.9 Å². The molecule has 4 nitrogen and oxygen atoms in total. The highest BCUT2D eigenvalue weighted by Crippen LogP contribution is 2.35. The lowest BCUT2D eigenvalue weighted by Crippen LogP contribution is -2.27. The minimum absolute atomic E-state index is 0. The molecule has 0 atom stereocenters. The molecule has 3 heterocycles. The summed E-state index contributed by atoms with van der Waals surface area (Å²) in [6.07, 6.45) is 0.857. The van der Waals surface area contributed by atoms with Crippen molar-refractivity contribution in [2.75, 3.05) is 5.32 Å². The molecule has 1 aromatic carbocycles. The second-order valence-corrected chi connectivity index (χ2v) is 9.06. The molecule has 0 saturated heterocycles. The summed E-state index contributed by atoms with van der Waals surface area (Å²) in [5.74, 6) is 6.64. The molecule has 166 valence electrons. The Balaban J connectivity index is 0.00000289. The zero-order valence-electron chi connectivity index (χ0n) is 17.5. The van der Waals surface area contributed by atoms with Gasteiger partial charge < -0.3 is 5.32 Å². The number of alkyl halides is 3. The fraction of sp³-hybridized carbons (Fsp3) is 0.217. The van der Waals surface area contributed by atoms with Gasteiger partial charge in [-0.25, -0.2) is 4.98 Å². The lowest BCUT2D eigenvalue weighted by molar-refractivity contribution is -0.137. The topological polar surface area (TPSA) is 42.2 Å². The van der Waals surface area contributed by atoms with Crippen LogP contribution < -0.4 is 5.32 Å². The standard InChI is InChI=1S/C23H19F3N4S.ClH/c1-22(2,3)29-21-20(28-19-14-27-11-12-30(19)21)18-10-9-17(31-18)8-7-15-5-4-6-16(13-15)23(24,25)26;/h4-6,9-14,29H,1-3H3;1H. The van der Waals surface area contributed by atoms with Crippen LogP contribution in [0.5, 0.6) is 0 Å². The second kappa shape index (κ2) is 8.85. The predicted octanol–water partition coefficient (Wildman–Crippen LogP) is 6.51. The molecule has 0 aliphatic heterocycles. The van der Waals surface area contributed by atoms with Gasteiger partial charge in [0.1, 0.15) is 11.5 Å². The Morgan fingerprint density at radius 3 is 2.56 bits per heavy atom. The monoisotopic (exact) mass is 476 g/mol. The Morgan fingerprint density at radius 1 is 1.06 bits per heavy atom. The summed E-state index contributed by atoms with van der Waals surface area (Å²) in [4.78, 5) is 10.5. The number of halogens is 4. The third-order valence-electron chi connectivity index (χ3n) is 4.28. The molecule has 1 N–H and O–H groups in total. The quantitative estimate of drug-likeness (QED) is 0.335.